The lowest BCUT2D eigenvalue weighted by Crippen LogP contribution is -2.37. The second kappa shape index (κ2) is 5.92. The van der Waals surface area contributed by atoms with Crippen LogP contribution < -0.4 is 4.72 Å². The topological polar surface area (TPSA) is 66.5 Å². The van der Waals surface area contributed by atoms with Gasteiger partial charge in [0.1, 0.15) is 5.82 Å². The van der Waals surface area contributed by atoms with E-state index in [1.54, 1.807) is 14.0 Å². The van der Waals surface area contributed by atoms with E-state index in [9.17, 15) is 17.6 Å². The van der Waals surface area contributed by atoms with Gasteiger partial charge in [0.2, 0.25) is 15.9 Å². The van der Waals surface area contributed by atoms with E-state index in [2.05, 4.69) is 4.72 Å². The number of likely N-dealkylation sites (N-methyl/N-ethyl adjacent to an activating group) is 1. The van der Waals surface area contributed by atoms with Crippen LogP contribution in [0.5, 0.6) is 0 Å². The van der Waals surface area contributed by atoms with Crippen molar-refractivity contribution in [3.05, 3.63) is 30.1 Å². The van der Waals surface area contributed by atoms with Gasteiger partial charge < -0.3 is 4.90 Å². The molecule has 18 heavy (non-hydrogen) atoms. The molecule has 0 aromatic heterocycles. The Morgan fingerprint density at radius 3 is 2.39 bits per heavy atom. The van der Waals surface area contributed by atoms with Crippen molar-refractivity contribution in [3.8, 4) is 0 Å². The van der Waals surface area contributed by atoms with Gasteiger partial charge in [-0.15, -0.1) is 0 Å². The first-order valence-electron chi connectivity index (χ1n) is 5.36. The smallest absolute Gasteiger partial charge is 0.241 e. The van der Waals surface area contributed by atoms with Crippen molar-refractivity contribution in [1.29, 1.82) is 0 Å². The van der Waals surface area contributed by atoms with Gasteiger partial charge in [-0.2, -0.15) is 0 Å². The van der Waals surface area contributed by atoms with E-state index < -0.39 is 15.8 Å². The van der Waals surface area contributed by atoms with Crippen LogP contribution >= 0.6 is 0 Å². The van der Waals surface area contributed by atoms with Crippen LogP contribution in [-0.4, -0.2) is 39.4 Å². The van der Waals surface area contributed by atoms with Crippen molar-refractivity contribution in [2.24, 2.45) is 0 Å². The molecule has 0 fully saturated rings. The Hall–Kier alpha value is -1.47. The third-order valence-corrected chi connectivity index (χ3v) is 3.85. The lowest BCUT2D eigenvalue weighted by Gasteiger charge is -2.14. The largest absolute Gasteiger partial charge is 0.345 e. The van der Waals surface area contributed by atoms with Gasteiger partial charge in [-0.3, -0.25) is 4.79 Å². The second-order valence-electron chi connectivity index (χ2n) is 3.69. The second-order valence-corrected chi connectivity index (χ2v) is 5.45. The summed E-state index contributed by atoms with van der Waals surface area (Å²) < 4.78 is 38.3. The highest BCUT2D eigenvalue weighted by molar-refractivity contribution is 7.89. The number of hydrogen-bond acceptors (Lipinski definition) is 3. The van der Waals surface area contributed by atoms with E-state index in [-0.39, 0.29) is 17.3 Å². The van der Waals surface area contributed by atoms with Crippen LogP contribution in [0.1, 0.15) is 6.92 Å². The number of nitrogens with zero attached hydrogens (tertiary/aromatic N) is 1. The standard InChI is InChI=1S/C11H15FN2O3S/c1-3-14(2)11(15)8-13-18(16,17)10-6-4-9(12)5-7-10/h4-7,13H,3,8H2,1-2H3. The summed E-state index contributed by atoms with van der Waals surface area (Å²) in [5, 5.41) is 0. The molecular formula is C11H15FN2O3S. The van der Waals surface area contributed by atoms with Crippen LogP contribution in [0.25, 0.3) is 0 Å². The van der Waals surface area contributed by atoms with E-state index in [1.807, 2.05) is 0 Å². The first-order chi connectivity index (χ1) is 8.36. The van der Waals surface area contributed by atoms with Gasteiger partial charge in [0.25, 0.3) is 0 Å². The predicted octanol–water partition coefficient (Wildman–Crippen LogP) is 0.582. The molecule has 1 aromatic carbocycles. The third-order valence-electron chi connectivity index (χ3n) is 2.44. The van der Waals surface area contributed by atoms with Gasteiger partial charge in [-0.1, -0.05) is 0 Å². The highest BCUT2D eigenvalue weighted by atomic mass is 32.2. The normalized spacial score (nSPS) is 11.3. The van der Waals surface area contributed by atoms with Gasteiger partial charge in [0.05, 0.1) is 11.4 Å². The van der Waals surface area contributed by atoms with Crippen LogP contribution in [0.15, 0.2) is 29.2 Å². The summed E-state index contributed by atoms with van der Waals surface area (Å²) in [4.78, 5) is 12.8. The number of carbonyl (C=O) groups is 1. The Kier molecular flexibility index (Phi) is 4.80. The molecule has 0 aliphatic heterocycles. The van der Waals surface area contributed by atoms with Crippen LogP contribution in [0.3, 0.4) is 0 Å². The number of rotatable bonds is 5. The molecule has 0 aliphatic carbocycles. The molecule has 0 atom stereocenters. The van der Waals surface area contributed by atoms with E-state index in [4.69, 9.17) is 0 Å². The van der Waals surface area contributed by atoms with Crippen molar-refractivity contribution in [2.75, 3.05) is 20.1 Å². The molecule has 1 aromatic rings. The summed E-state index contributed by atoms with van der Waals surface area (Å²) in [5.74, 6) is -0.848. The molecule has 0 heterocycles. The molecule has 1 N–H and O–H groups in total. The number of benzene rings is 1. The summed E-state index contributed by atoms with van der Waals surface area (Å²) >= 11 is 0. The highest BCUT2D eigenvalue weighted by Crippen LogP contribution is 2.09. The number of amides is 1. The molecule has 1 rings (SSSR count). The van der Waals surface area contributed by atoms with Gasteiger partial charge in [0, 0.05) is 13.6 Å². The molecule has 1 amide bonds. The molecule has 100 valence electrons. The van der Waals surface area contributed by atoms with Gasteiger partial charge >= 0.3 is 0 Å². The van der Waals surface area contributed by atoms with Crippen molar-refractivity contribution in [2.45, 2.75) is 11.8 Å². The minimum atomic E-state index is -3.78. The Balaban J connectivity index is 2.71. The minimum Gasteiger partial charge on any atom is -0.345 e. The summed E-state index contributed by atoms with van der Waals surface area (Å²) in [5.41, 5.74) is 0. The summed E-state index contributed by atoms with van der Waals surface area (Å²) in [6, 6.07) is 4.39. The molecule has 0 aliphatic rings. The van der Waals surface area contributed by atoms with E-state index in [0.717, 1.165) is 24.3 Å². The highest BCUT2D eigenvalue weighted by Gasteiger charge is 2.16. The van der Waals surface area contributed by atoms with Crippen LogP contribution in [-0.2, 0) is 14.8 Å². The van der Waals surface area contributed by atoms with Gasteiger partial charge in [-0.25, -0.2) is 17.5 Å². The predicted molar refractivity (Wildman–Crippen MR) is 64.9 cm³/mol. The summed E-state index contributed by atoms with van der Waals surface area (Å²) in [6.07, 6.45) is 0. The molecule has 0 saturated heterocycles. The molecule has 0 spiro atoms. The van der Waals surface area contributed by atoms with Crippen LogP contribution in [0, 0.1) is 5.82 Å². The first-order valence-corrected chi connectivity index (χ1v) is 6.84. The van der Waals surface area contributed by atoms with Gasteiger partial charge in [-0.05, 0) is 31.2 Å². The number of sulfonamides is 1. The molecule has 0 saturated carbocycles. The van der Waals surface area contributed by atoms with E-state index in [1.165, 1.54) is 4.90 Å². The Morgan fingerprint density at radius 2 is 1.89 bits per heavy atom. The zero-order chi connectivity index (χ0) is 13.8. The molecular weight excluding hydrogens is 259 g/mol. The lowest BCUT2D eigenvalue weighted by molar-refractivity contribution is -0.128. The van der Waals surface area contributed by atoms with E-state index in [0.29, 0.717) is 6.54 Å². The fourth-order valence-electron chi connectivity index (χ4n) is 1.17. The maximum absolute atomic E-state index is 12.7. The monoisotopic (exact) mass is 274 g/mol. The van der Waals surface area contributed by atoms with Crippen molar-refractivity contribution < 1.29 is 17.6 Å². The average Bonchev–Trinajstić information content (AvgIpc) is 2.35. The van der Waals surface area contributed by atoms with Crippen LogP contribution in [0.4, 0.5) is 4.39 Å². The number of carbonyl (C=O) groups excluding carboxylic acids is 1. The van der Waals surface area contributed by atoms with E-state index >= 15 is 0 Å². The first kappa shape index (κ1) is 14.6. The number of nitrogens with one attached hydrogen (secondary N) is 1. The fourth-order valence-corrected chi connectivity index (χ4v) is 2.14. The van der Waals surface area contributed by atoms with Gasteiger partial charge in [0.15, 0.2) is 0 Å². The Labute approximate surface area is 106 Å². The average molecular weight is 274 g/mol. The zero-order valence-electron chi connectivity index (χ0n) is 10.2. The third kappa shape index (κ3) is 3.78. The Bertz CT molecular complexity index is 514. The maximum Gasteiger partial charge on any atom is 0.241 e. The molecule has 0 radical (unpaired) electrons. The molecule has 0 unspecified atom stereocenters. The SMILES string of the molecule is CCN(C)C(=O)CNS(=O)(=O)c1ccc(F)cc1. The molecule has 0 bridgehead atoms. The zero-order valence-corrected chi connectivity index (χ0v) is 11.0. The quantitative estimate of drug-likeness (QED) is 0.854. The molecule has 5 nitrogen and oxygen atoms in total. The maximum atomic E-state index is 12.7. The summed E-state index contributed by atoms with van der Waals surface area (Å²) in [6.45, 7) is 1.97. The van der Waals surface area contributed by atoms with Crippen molar-refractivity contribution in [3.63, 3.8) is 0 Å². The fraction of sp³-hybridized carbons (Fsp3) is 0.364. The Morgan fingerprint density at radius 1 is 1.33 bits per heavy atom. The van der Waals surface area contributed by atoms with Crippen molar-refractivity contribution in [1.82, 2.24) is 9.62 Å². The number of hydrogen-bond donors (Lipinski definition) is 1. The summed E-state index contributed by atoms with van der Waals surface area (Å²) in [7, 11) is -2.20. The molecule has 7 heteroatoms. The van der Waals surface area contributed by atoms with Crippen molar-refractivity contribution >= 4 is 15.9 Å². The van der Waals surface area contributed by atoms with Crippen LogP contribution in [0.2, 0.25) is 0 Å². The minimum absolute atomic E-state index is 0.0733. The lowest BCUT2D eigenvalue weighted by atomic mass is 10.4. The number of halogens is 1.